The third-order valence-corrected chi connectivity index (χ3v) is 6.02. The Morgan fingerprint density at radius 3 is 2.15 bits per heavy atom. The number of amides is 2. The Morgan fingerprint density at radius 2 is 1.51 bits per heavy atom. The number of benzene rings is 3. The van der Waals surface area contributed by atoms with Crippen molar-refractivity contribution in [3.63, 3.8) is 0 Å². The molecule has 218 valence electrons. The van der Waals surface area contributed by atoms with Gasteiger partial charge >= 0.3 is 12.1 Å². The molecule has 2 atom stereocenters. The van der Waals surface area contributed by atoms with Crippen molar-refractivity contribution in [2.45, 2.75) is 38.5 Å². The van der Waals surface area contributed by atoms with Crippen LogP contribution in [0.4, 0.5) is 13.2 Å². The maximum atomic E-state index is 13.0. The van der Waals surface area contributed by atoms with Crippen LogP contribution in [-0.4, -0.2) is 54.0 Å². The summed E-state index contributed by atoms with van der Waals surface area (Å²) in [5.74, 6) is -3.64. The number of aliphatic carboxylic acids is 1. The fourth-order valence-electron chi connectivity index (χ4n) is 3.89. The number of nitrogens with one attached hydrogen (secondary N) is 2. The lowest BCUT2D eigenvalue weighted by molar-refractivity contribution is -0.141. The number of ketones is 1. The summed E-state index contributed by atoms with van der Waals surface area (Å²) in [7, 11) is 0. The van der Waals surface area contributed by atoms with Crippen LogP contribution in [0.1, 0.15) is 25.8 Å². The molecule has 3 N–H and O–H groups in total. The van der Waals surface area contributed by atoms with E-state index in [-0.39, 0.29) is 5.75 Å². The van der Waals surface area contributed by atoms with Gasteiger partial charge in [0.25, 0.3) is 5.91 Å². The molecule has 0 unspecified atom stereocenters. The fraction of sp³-hybridized carbons (Fsp3) is 0.310. The number of rotatable bonds is 13. The van der Waals surface area contributed by atoms with Gasteiger partial charge < -0.3 is 25.2 Å². The number of fused-ring (bicyclic) bond motifs is 1. The molecule has 0 spiro atoms. The molecule has 3 aromatic carbocycles. The molecule has 12 heteroatoms. The SMILES string of the molecule is CC(C)[C@H](NC(=O)COc1cccc2ccccc12)C(=O)N[C@@H](CC(=O)O)C(=O)COc1ccc(C(F)(F)F)cc1. The molecule has 0 aliphatic carbocycles. The molecule has 3 aromatic rings. The molecule has 9 nitrogen and oxygen atoms in total. The Hall–Kier alpha value is -4.61. The van der Waals surface area contributed by atoms with Crippen LogP contribution in [0.2, 0.25) is 0 Å². The third-order valence-electron chi connectivity index (χ3n) is 6.02. The van der Waals surface area contributed by atoms with E-state index in [0.29, 0.717) is 5.75 Å². The van der Waals surface area contributed by atoms with Crippen molar-refractivity contribution in [2.24, 2.45) is 5.92 Å². The van der Waals surface area contributed by atoms with Gasteiger partial charge in [-0.05, 0) is 41.6 Å². The lowest BCUT2D eigenvalue weighted by atomic mass is 10.0. The van der Waals surface area contributed by atoms with Crippen LogP contribution in [0.25, 0.3) is 10.8 Å². The van der Waals surface area contributed by atoms with Crippen molar-refractivity contribution in [3.05, 3.63) is 72.3 Å². The zero-order chi connectivity index (χ0) is 30.2. The number of hydrogen-bond donors (Lipinski definition) is 3. The zero-order valence-corrected chi connectivity index (χ0v) is 22.2. The van der Waals surface area contributed by atoms with Gasteiger partial charge in [0.15, 0.2) is 12.4 Å². The molecule has 0 aromatic heterocycles. The summed E-state index contributed by atoms with van der Waals surface area (Å²) >= 11 is 0. The lowest BCUT2D eigenvalue weighted by Crippen LogP contribution is -2.55. The number of Topliss-reactive ketones (excluding diaryl/α,β-unsaturated/α-hetero) is 1. The average molecular weight is 575 g/mol. The monoisotopic (exact) mass is 574 g/mol. The van der Waals surface area contributed by atoms with E-state index in [1.165, 1.54) is 0 Å². The second kappa shape index (κ2) is 13.6. The Kier molecular flexibility index (Phi) is 10.3. The summed E-state index contributed by atoms with van der Waals surface area (Å²) in [6, 6.07) is 13.8. The highest BCUT2D eigenvalue weighted by atomic mass is 19.4. The smallest absolute Gasteiger partial charge is 0.416 e. The number of carbonyl (C=O) groups excluding carboxylic acids is 3. The van der Waals surface area contributed by atoms with Crippen molar-refractivity contribution in [2.75, 3.05) is 13.2 Å². The van der Waals surface area contributed by atoms with E-state index in [2.05, 4.69) is 10.6 Å². The van der Waals surface area contributed by atoms with Crippen LogP contribution >= 0.6 is 0 Å². The van der Waals surface area contributed by atoms with Gasteiger partial charge in [-0.3, -0.25) is 19.2 Å². The molecule has 2 amide bonds. The molecule has 41 heavy (non-hydrogen) atoms. The Morgan fingerprint density at radius 1 is 0.854 bits per heavy atom. The van der Waals surface area contributed by atoms with E-state index in [9.17, 15) is 37.5 Å². The number of ether oxygens (including phenoxy) is 2. The fourth-order valence-corrected chi connectivity index (χ4v) is 3.89. The Labute approximate surface area is 233 Å². The first-order valence-corrected chi connectivity index (χ1v) is 12.6. The summed E-state index contributed by atoms with van der Waals surface area (Å²) in [4.78, 5) is 49.7. The number of carbonyl (C=O) groups is 4. The van der Waals surface area contributed by atoms with Crippen LogP contribution in [0, 0.1) is 5.92 Å². The highest BCUT2D eigenvalue weighted by Gasteiger charge is 2.31. The van der Waals surface area contributed by atoms with E-state index in [1.807, 2.05) is 30.3 Å². The van der Waals surface area contributed by atoms with Gasteiger partial charge in [0.1, 0.15) is 30.2 Å². The van der Waals surface area contributed by atoms with Gasteiger partial charge in [-0.25, -0.2) is 0 Å². The van der Waals surface area contributed by atoms with E-state index in [1.54, 1.807) is 26.0 Å². The second-order valence-corrected chi connectivity index (χ2v) is 9.49. The maximum Gasteiger partial charge on any atom is 0.416 e. The van der Waals surface area contributed by atoms with Crippen molar-refractivity contribution in [1.82, 2.24) is 10.6 Å². The van der Waals surface area contributed by atoms with E-state index >= 15 is 0 Å². The standard InChI is InChI=1S/C29H29F3N2O7/c1-17(2)27(34-25(36)16-41-24-9-5-7-18-6-3-4-8-21(18)24)28(39)33-22(14-26(37)38)23(35)15-40-20-12-10-19(11-13-20)29(30,31)32/h3-13,17,22,27H,14-16H2,1-2H3,(H,33,39)(H,34,36)(H,37,38)/t22-,27-/m0/s1. The van der Waals surface area contributed by atoms with Crippen molar-refractivity contribution in [3.8, 4) is 11.5 Å². The first kappa shape index (κ1) is 30.9. The normalized spacial score (nSPS) is 12.8. The molecule has 0 saturated carbocycles. The molecule has 0 bridgehead atoms. The summed E-state index contributed by atoms with van der Waals surface area (Å²) in [6.07, 6.45) is -5.32. The first-order valence-electron chi connectivity index (χ1n) is 12.6. The van der Waals surface area contributed by atoms with Crippen LogP contribution in [0.5, 0.6) is 11.5 Å². The Balaban J connectivity index is 1.61. The van der Waals surface area contributed by atoms with E-state index < -0.39 is 72.9 Å². The van der Waals surface area contributed by atoms with Crippen LogP contribution in [0.3, 0.4) is 0 Å². The summed E-state index contributed by atoms with van der Waals surface area (Å²) in [6.45, 7) is 2.19. The number of halogens is 3. The molecule has 0 radical (unpaired) electrons. The minimum atomic E-state index is -4.55. The van der Waals surface area contributed by atoms with Gasteiger partial charge in [-0.2, -0.15) is 13.2 Å². The predicted molar refractivity (Wildman–Crippen MR) is 142 cm³/mol. The van der Waals surface area contributed by atoms with E-state index in [4.69, 9.17) is 9.47 Å². The predicted octanol–water partition coefficient (Wildman–Crippen LogP) is 3.99. The first-order chi connectivity index (χ1) is 19.3. The third kappa shape index (κ3) is 8.95. The van der Waals surface area contributed by atoms with Gasteiger partial charge in [0, 0.05) is 5.39 Å². The molecule has 0 aliphatic heterocycles. The number of alkyl halides is 3. The van der Waals surface area contributed by atoms with Crippen LogP contribution < -0.4 is 20.1 Å². The van der Waals surface area contributed by atoms with Crippen molar-refractivity contribution < 1.29 is 46.9 Å². The maximum absolute atomic E-state index is 13.0. The molecule has 3 rings (SSSR count). The topological polar surface area (TPSA) is 131 Å². The van der Waals surface area contributed by atoms with E-state index in [0.717, 1.165) is 35.0 Å². The van der Waals surface area contributed by atoms with Gasteiger partial charge in [0.2, 0.25) is 5.91 Å². The van der Waals surface area contributed by atoms with Gasteiger partial charge in [-0.15, -0.1) is 0 Å². The van der Waals surface area contributed by atoms with Gasteiger partial charge in [0.05, 0.1) is 12.0 Å². The highest BCUT2D eigenvalue weighted by Crippen LogP contribution is 2.30. The van der Waals surface area contributed by atoms with Crippen molar-refractivity contribution in [1.29, 1.82) is 0 Å². The van der Waals surface area contributed by atoms with Crippen LogP contribution in [0.15, 0.2) is 66.7 Å². The largest absolute Gasteiger partial charge is 0.486 e. The minimum Gasteiger partial charge on any atom is -0.486 e. The van der Waals surface area contributed by atoms with Crippen molar-refractivity contribution >= 4 is 34.3 Å². The minimum absolute atomic E-state index is 0.0507. The molecule has 0 heterocycles. The quantitative estimate of drug-likeness (QED) is 0.281. The molecular weight excluding hydrogens is 545 g/mol. The number of carboxylic acids is 1. The molecular formula is C29H29F3N2O7. The number of hydrogen-bond acceptors (Lipinski definition) is 6. The summed E-state index contributed by atoms with van der Waals surface area (Å²) in [5, 5.41) is 15.9. The summed E-state index contributed by atoms with van der Waals surface area (Å²) < 4.78 is 49.1. The molecule has 0 saturated heterocycles. The van der Waals surface area contributed by atoms with Gasteiger partial charge in [-0.1, -0.05) is 50.2 Å². The lowest BCUT2D eigenvalue weighted by Gasteiger charge is -2.24. The Bertz CT molecular complexity index is 1390. The molecule has 0 aliphatic rings. The second-order valence-electron chi connectivity index (χ2n) is 9.49. The highest BCUT2D eigenvalue weighted by molar-refractivity contribution is 5.95. The number of carboxylic acid groups (broad SMARTS) is 1. The molecule has 0 fully saturated rings. The summed E-state index contributed by atoms with van der Waals surface area (Å²) in [5.41, 5.74) is -0.906. The van der Waals surface area contributed by atoms with Crippen LogP contribution in [-0.2, 0) is 25.4 Å². The average Bonchev–Trinajstić information content (AvgIpc) is 2.92. The zero-order valence-electron chi connectivity index (χ0n) is 22.2.